The summed E-state index contributed by atoms with van der Waals surface area (Å²) in [4.78, 5) is 2.70. The third kappa shape index (κ3) is 2.94. The van der Waals surface area contributed by atoms with E-state index in [9.17, 15) is 0 Å². The Kier molecular flexibility index (Phi) is 3.68. The average Bonchev–Trinajstić information content (AvgIpc) is 3.00. The van der Waals surface area contributed by atoms with Crippen LogP contribution in [0.5, 0.6) is 0 Å². The molecular weight excluding hydrogens is 184 g/mol. The molecule has 0 bridgehead atoms. The van der Waals surface area contributed by atoms with Crippen LogP contribution in [0, 0.1) is 5.41 Å². The van der Waals surface area contributed by atoms with Crippen molar-refractivity contribution in [3.63, 3.8) is 0 Å². The van der Waals surface area contributed by atoms with Gasteiger partial charge in [0.15, 0.2) is 0 Å². The summed E-state index contributed by atoms with van der Waals surface area (Å²) in [6.45, 7) is 6.35. The Labute approximate surface area is 94.4 Å². The number of hydrogen-bond donors (Lipinski definition) is 1. The molecule has 2 aliphatic rings. The van der Waals surface area contributed by atoms with Crippen LogP contribution in [0.4, 0.5) is 0 Å². The van der Waals surface area contributed by atoms with Gasteiger partial charge in [-0.15, -0.1) is 0 Å². The van der Waals surface area contributed by atoms with Crippen LogP contribution >= 0.6 is 0 Å². The third-order valence-corrected chi connectivity index (χ3v) is 4.29. The molecule has 0 radical (unpaired) electrons. The maximum absolute atomic E-state index is 3.40. The van der Waals surface area contributed by atoms with Crippen LogP contribution in [0.2, 0.25) is 0 Å². The first kappa shape index (κ1) is 11.4. The molecule has 15 heavy (non-hydrogen) atoms. The summed E-state index contributed by atoms with van der Waals surface area (Å²) < 4.78 is 0. The fourth-order valence-electron chi connectivity index (χ4n) is 3.05. The third-order valence-electron chi connectivity index (χ3n) is 4.29. The largest absolute Gasteiger partial charge is 0.317 e. The molecule has 1 aliphatic carbocycles. The van der Waals surface area contributed by atoms with Crippen molar-refractivity contribution in [3.8, 4) is 0 Å². The molecule has 1 saturated carbocycles. The van der Waals surface area contributed by atoms with Gasteiger partial charge in [0.25, 0.3) is 0 Å². The average molecular weight is 210 g/mol. The van der Waals surface area contributed by atoms with E-state index >= 15 is 0 Å². The van der Waals surface area contributed by atoms with Crippen molar-refractivity contribution in [3.05, 3.63) is 0 Å². The first-order chi connectivity index (χ1) is 7.28. The van der Waals surface area contributed by atoms with Crippen molar-refractivity contribution >= 4 is 0 Å². The molecule has 0 spiro atoms. The standard InChI is InChI=1S/C13H26N2/c1-3-6-13(7-8-13)11-15-9-4-12(14-2)5-10-15/h12,14H,3-11H2,1-2H3. The molecule has 0 aromatic carbocycles. The monoisotopic (exact) mass is 210 g/mol. The first-order valence-electron chi connectivity index (χ1n) is 6.68. The van der Waals surface area contributed by atoms with E-state index < -0.39 is 0 Å². The van der Waals surface area contributed by atoms with Crippen LogP contribution in [-0.2, 0) is 0 Å². The molecule has 0 amide bonds. The highest BCUT2D eigenvalue weighted by molar-refractivity contribution is 4.95. The number of piperidine rings is 1. The second-order valence-electron chi connectivity index (χ2n) is 5.59. The van der Waals surface area contributed by atoms with Gasteiger partial charge in [0.1, 0.15) is 0 Å². The molecule has 0 atom stereocenters. The summed E-state index contributed by atoms with van der Waals surface area (Å²) in [5, 5.41) is 3.40. The number of rotatable bonds is 5. The van der Waals surface area contributed by atoms with Gasteiger partial charge in [-0.1, -0.05) is 13.3 Å². The minimum Gasteiger partial charge on any atom is -0.317 e. The van der Waals surface area contributed by atoms with Crippen molar-refractivity contribution in [2.24, 2.45) is 5.41 Å². The molecule has 2 fully saturated rings. The van der Waals surface area contributed by atoms with E-state index in [1.807, 2.05) is 0 Å². The minimum absolute atomic E-state index is 0.751. The summed E-state index contributed by atoms with van der Waals surface area (Å²) in [6, 6.07) is 0.780. The summed E-state index contributed by atoms with van der Waals surface area (Å²) in [7, 11) is 2.10. The van der Waals surface area contributed by atoms with Gasteiger partial charge in [-0.05, 0) is 57.7 Å². The highest BCUT2D eigenvalue weighted by Gasteiger charge is 2.42. The van der Waals surface area contributed by atoms with Gasteiger partial charge in [0.05, 0.1) is 0 Å². The zero-order valence-electron chi connectivity index (χ0n) is 10.4. The van der Waals surface area contributed by atoms with Gasteiger partial charge in [-0.2, -0.15) is 0 Å². The van der Waals surface area contributed by atoms with Gasteiger partial charge in [0, 0.05) is 12.6 Å². The number of nitrogens with zero attached hydrogens (tertiary/aromatic N) is 1. The highest BCUT2D eigenvalue weighted by Crippen LogP contribution is 2.50. The van der Waals surface area contributed by atoms with Crippen molar-refractivity contribution in [1.82, 2.24) is 10.2 Å². The predicted molar refractivity (Wildman–Crippen MR) is 65.1 cm³/mol. The molecular formula is C13H26N2. The Morgan fingerprint density at radius 3 is 2.40 bits per heavy atom. The second kappa shape index (κ2) is 4.84. The zero-order valence-corrected chi connectivity index (χ0v) is 10.4. The van der Waals surface area contributed by atoms with E-state index in [4.69, 9.17) is 0 Å². The van der Waals surface area contributed by atoms with Crippen molar-refractivity contribution in [1.29, 1.82) is 0 Å². The molecule has 1 aliphatic heterocycles. The number of nitrogens with one attached hydrogen (secondary N) is 1. The van der Waals surface area contributed by atoms with Crippen LogP contribution < -0.4 is 5.32 Å². The molecule has 88 valence electrons. The van der Waals surface area contributed by atoms with Crippen LogP contribution in [-0.4, -0.2) is 37.6 Å². The Morgan fingerprint density at radius 1 is 1.27 bits per heavy atom. The molecule has 2 heteroatoms. The predicted octanol–water partition coefficient (Wildman–Crippen LogP) is 2.25. The maximum Gasteiger partial charge on any atom is 0.00884 e. The van der Waals surface area contributed by atoms with Gasteiger partial charge in [0.2, 0.25) is 0 Å². The lowest BCUT2D eigenvalue weighted by Gasteiger charge is -2.34. The van der Waals surface area contributed by atoms with Gasteiger partial charge in [-0.25, -0.2) is 0 Å². The van der Waals surface area contributed by atoms with Gasteiger partial charge in [-0.3, -0.25) is 0 Å². The SMILES string of the molecule is CCCC1(CN2CCC(NC)CC2)CC1. The second-order valence-corrected chi connectivity index (χ2v) is 5.59. The zero-order chi connectivity index (χ0) is 10.7. The normalized spacial score (nSPS) is 26.8. The molecule has 2 nitrogen and oxygen atoms in total. The highest BCUT2D eigenvalue weighted by atomic mass is 15.2. The fourth-order valence-corrected chi connectivity index (χ4v) is 3.05. The van der Waals surface area contributed by atoms with Crippen LogP contribution in [0.25, 0.3) is 0 Å². The summed E-state index contributed by atoms with van der Waals surface area (Å²) in [5.74, 6) is 0. The number of likely N-dealkylation sites (tertiary alicyclic amines) is 1. The van der Waals surface area contributed by atoms with E-state index in [1.165, 1.54) is 58.2 Å². The van der Waals surface area contributed by atoms with Crippen LogP contribution in [0.15, 0.2) is 0 Å². The summed E-state index contributed by atoms with van der Waals surface area (Å²) in [6.07, 6.45) is 8.50. The van der Waals surface area contributed by atoms with Crippen molar-refractivity contribution < 1.29 is 0 Å². The number of hydrogen-bond acceptors (Lipinski definition) is 2. The van der Waals surface area contributed by atoms with E-state index in [1.54, 1.807) is 0 Å². The molecule has 1 N–H and O–H groups in total. The summed E-state index contributed by atoms with van der Waals surface area (Å²) >= 11 is 0. The first-order valence-corrected chi connectivity index (χ1v) is 6.68. The fraction of sp³-hybridized carbons (Fsp3) is 1.00. The van der Waals surface area contributed by atoms with E-state index in [-0.39, 0.29) is 0 Å². The topological polar surface area (TPSA) is 15.3 Å². The maximum atomic E-state index is 3.40. The minimum atomic E-state index is 0.751. The van der Waals surface area contributed by atoms with Gasteiger partial charge >= 0.3 is 0 Å². The Hall–Kier alpha value is -0.0800. The molecule has 0 aromatic heterocycles. The smallest absolute Gasteiger partial charge is 0.00884 e. The molecule has 1 saturated heterocycles. The van der Waals surface area contributed by atoms with Crippen molar-refractivity contribution in [2.75, 3.05) is 26.7 Å². The lowest BCUT2D eigenvalue weighted by Crippen LogP contribution is -2.43. The van der Waals surface area contributed by atoms with E-state index in [2.05, 4.69) is 24.2 Å². The lowest BCUT2D eigenvalue weighted by atomic mass is 9.97. The Bertz CT molecular complexity index is 191. The lowest BCUT2D eigenvalue weighted by molar-refractivity contribution is 0.162. The molecule has 0 unspecified atom stereocenters. The Morgan fingerprint density at radius 2 is 1.93 bits per heavy atom. The van der Waals surface area contributed by atoms with E-state index in [0.717, 1.165) is 11.5 Å². The van der Waals surface area contributed by atoms with Crippen LogP contribution in [0.1, 0.15) is 45.4 Å². The van der Waals surface area contributed by atoms with E-state index in [0.29, 0.717) is 0 Å². The summed E-state index contributed by atoms with van der Waals surface area (Å²) in [5.41, 5.74) is 0.751. The molecule has 1 heterocycles. The molecule has 0 aromatic rings. The van der Waals surface area contributed by atoms with Gasteiger partial charge < -0.3 is 10.2 Å². The quantitative estimate of drug-likeness (QED) is 0.749. The molecule has 2 rings (SSSR count). The Balaban J connectivity index is 1.72. The van der Waals surface area contributed by atoms with Crippen LogP contribution in [0.3, 0.4) is 0 Å². The van der Waals surface area contributed by atoms with Crippen molar-refractivity contribution in [2.45, 2.75) is 51.5 Å².